The molecule has 2 aromatic rings. The van der Waals surface area contributed by atoms with Crippen LogP contribution in [0.25, 0.3) is 0 Å². The van der Waals surface area contributed by atoms with E-state index in [9.17, 15) is 4.79 Å². The van der Waals surface area contributed by atoms with Crippen LogP contribution in [0.3, 0.4) is 0 Å². The van der Waals surface area contributed by atoms with Crippen molar-refractivity contribution < 1.29 is 4.79 Å². The lowest BCUT2D eigenvalue weighted by Gasteiger charge is -2.12. The maximum absolute atomic E-state index is 11.0. The third-order valence-corrected chi connectivity index (χ3v) is 3.51. The number of nitrogens with one attached hydrogen (secondary N) is 3. The van der Waals surface area contributed by atoms with Crippen molar-refractivity contribution >= 4 is 17.6 Å². The lowest BCUT2D eigenvalue weighted by Crippen LogP contribution is -2.37. The highest BCUT2D eigenvalue weighted by Crippen LogP contribution is 2.09. The van der Waals surface area contributed by atoms with Gasteiger partial charge in [-0.25, -0.2) is 0 Å². The van der Waals surface area contributed by atoms with Gasteiger partial charge in [-0.1, -0.05) is 42.5 Å². The van der Waals surface area contributed by atoms with Gasteiger partial charge in [0.15, 0.2) is 5.96 Å². The Balaban J connectivity index is 1.74. The van der Waals surface area contributed by atoms with Crippen LogP contribution in [0.2, 0.25) is 0 Å². The van der Waals surface area contributed by atoms with Gasteiger partial charge in [-0.2, -0.15) is 0 Å². The van der Waals surface area contributed by atoms with Gasteiger partial charge >= 0.3 is 0 Å². The first-order chi connectivity index (χ1) is 11.7. The van der Waals surface area contributed by atoms with E-state index >= 15 is 0 Å². The fraction of sp³-hybridized carbons (Fsp3) is 0.263. The van der Waals surface area contributed by atoms with E-state index in [1.165, 1.54) is 18.1 Å². The van der Waals surface area contributed by atoms with E-state index in [0.717, 1.165) is 31.2 Å². The van der Waals surface area contributed by atoms with Gasteiger partial charge in [0.25, 0.3) is 0 Å². The first-order valence-electron chi connectivity index (χ1n) is 8.02. The van der Waals surface area contributed by atoms with Crippen LogP contribution in [0, 0.1) is 0 Å². The van der Waals surface area contributed by atoms with E-state index in [0.29, 0.717) is 0 Å². The maximum atomic E-state index is 11.0. The molecule has 0 radical (unpaired) electrons. The molecule has 5 nitrogen and oxygen atoms in total. The second kappa shape index (κ2) is 9.35. The van der Waals surface area contributed by atoms with Crippen molar-refractivity contribution in [2.45, 2.75) is 19.9 Å². The number of carbonyl (C=O) groups is 1. The van der Waals surface area contributed by atoms with Gasteiger partial charge in [0, 0.05) is 32.7 Å². The molecule has 0 fully saturated rings. The SMILES string of the molecule is CN=C(NCCc1ccc(NC(C)=O)cc1)NCc1ccccc1. The summed E-state index contributed by atoms with van der Waals surface area (Å²) >= 11 is 0. The molecule has 0 saturated heterocycles. The normalized spacial score (nSPS) is 11.0. The lowest BCUT2D eigenvalue weighted by molar-refractivity contribution is -0.114. The second-order valence-corrected chi connectivity index (χ2v) is 5.47. The molecule has 0 bridgehead atoms. The number of hydrogen-bond donors (Lipinski definition) is 3. The summed E-state index contributed by atoms with van der Waals surface area (Å²) in [5.74, 6) is 0.728. The van der Waals surface area contributed by atoms with Crippen molar-refractivity contribution in [2.75, 3.05) is 18.9 Å². The molecular formula is C19H24N4O. The zero-order valence-electron chi connectivity index (χ0n) is 14.2. The zero-order valence-corrected chi connectivity index (χ0v) is 14.2. The van der Waals surface area contributed by atoms with Crippen LogP contribution in [0.1, 0.15) is 18.1 Å². The van der Waals surface area contributed by atoms with Crippen molar-refractivity contribution in [3.05, 3.63) is 65.7 Å². The molecule has 0 heterocycles. The first kappa shape index (κ1) is 17.5. The molecule has 0 unspecified atom stereocenters. The summed E-state index contributed by atoms with van der Waals surface area (Å²) in [7, 11) is 1.77. The molecule has 5 heteroatoms. The lowest BCUT2D eigenvalue weighted by atomic mass is 10.1. The number of rotatable bonds is 6. The molecular weight excluding hydrogens is 300 g/mol. The molecule has 0 atom stereocenters. The predicted octanol–water partition coefficient (Wildman–Crippen LogP) is 2.55. The number of carbonyl (C=O) groups excluding carboxylic acids is 1. The molecule has 3 N–H and O–H groups in total. The highest BCUT2D eigenvalue weighted by molar-refractivity contribution is 5.88. The molecule has 0 aliphatic heterocycles. The Labute approximate surface area is 143 Å². The summed E-state index contributed by atoms with van der Waals surface area (Å²) < 4.78 is 0. The number of nitrogens with zero attached hydrogens (tertiary/aromatic N) is 1. The number of amides is 1. The average Bonchev–Trinajstić information content (AvgIpc) is 2.60. The number of benzene rings is 2. The van der Waals surface area contributed by atoms with E-state index in [1.54, 1.807) is 7.05 Å². The van der Waals surface area contributed by atoms with E-state index < -0.39 is 0 Å². The molecule has 2 rings (SSSR count). The minimum atomic E-state index is -0.0577. The Morgan fingerprint density at radius 3 is 2.29 bits per heavy atom. The Morgan fingerprint density at radius 1 is 0.958 bits per heavy atom. The summed E-state index contributed by atoms with van der Waals surface area (Å²) in [4.78, 5) is 15.2. The van der Waals surface area contributed by atoms with Crippen LogP contribution >= 0.6 is 0 Å². The number of hydrogen-bond acceptors (Lipinski definition) is 2. The van der Waals surface area contributed by atoms with Crippen molar-refractivity contribution in [1.29, 1.82) is 0 Å². The largest absolute Gasteiger partial charge is 0.356 e. The van der Waals surface area contributed by atoms with Crippen molar-refractivity contribution in [1.82, 2.24) is 10.6 Å². The molecule has 24 heavy (non-hydrogen) atoms. The molecule has 2 aromatic carbocycles. The summed E-state index contributed by atoms with van der Waals surface area (Å²) in [6.07, 6.45) is 0.881. The topological polar surface area (TPSA) is 65.5 Å². The molecule has 0 saturated carbocycles. The van der Waals surface area contributed by atoms with Gasteiger partial charge in [-0.3, -0.25) is 9.79 Å². The average molecular weight is 324 g/mol. The van der Waals surface area contributed by atoms with Crippen LogP contribution in [0.5, 0.6) is 0 Å². The zero-order chi connectivity index (χ0) is 17.2. The fourth-order valence-corrected chi connectivity index (χ4v) is 2.29. The van der Waals surface area contributed by atoms with Crippen molar-refractivity contribution in [3.63, 3.8) is 0 Å². The van der Waals surface area contributed by atoms with E-state index in [2.05, 4.69) is 33.1 Å². The van der Waals surface area contributed by atoms with E-state index in [-0.39, 0.29) is 5.91 Å². The Kier molecular flexibility index (Phi) is 6.83. The van der Waals surface area contributed by atoms with Gasteiger partial charge in [0.05, 0.1) is 0 Å². The minimum absolute atomic E-state index is 0.0577. The van der Waals surface area contributed by atoms with E-state index in [1.807, 2.05) is 42.5 Å². The van der Waals surface area contributed by atoms with Crippen molar-refractivity contribution in [2.24, 2.45) is 4.99 Å². The van der Waals surface area contributed by atoms with Gasteiger partial charge in [-0.15, -0.1) is 0 Å². The van der Waals surface area contributed by atoms with Gasteiger partial charge in [-0.05, 0) is 29.7 Å². The highest BCUT2D eigenvalue weighted by Gasteiger charge is 2.00. The molecule has 0 spiro atoms. The van der Waals surface area contributed by atoms with Gasteiger partial charge in [0.1, 0.15) is 0 Å². The third kappa shape index (κ3) is 6.12. The summed E-state index contributed by atoms with van der Waals surface area (Å²) in [5, 5.41) is 9.36. The Morgan fingerprint density at radius 2 is 1.67 bits per heavy atom. The minimum Gasteiger partial charge on any atom is -0.356 e. The summed E-state index contributed by atoms with van der Waals surface area (Å²) in [5.41, 5.74) is 3.24. The molecule has 0 aromatic heterocycles. The van der Waals surface area contributed by atoms with Crippen LogP contribution in [0.4, 0.5) is 5.69 Å². The quantitative estimate of drug-likeness (QED) is 0.565. The molecule has 1 amide bonds. The number of guanidine groups is 1. The Hall–Kier alpha value is -2.82. The van der Waals surface area contributed by atoms with E-state index in [4.69, 9.17) is 0 Å². The predicted molar refractivity (Wildman–Crippen MR) is 99.1 cm³/mol. The number of aliphatic imine (C=N–C) groups is 1. The first-order valence-corrected chi connectivity index (χ1v) is 8.02. The number of anilines is 1. The second-order valence-electron chi connectivity index (χ2n) is 5.47. The molecule has 0 aliphatic rings. The summed E-state index contributed by atoms with van der Waals surface area (Å²) in [6.45, 7) is 3.03. The molecule has 0 aliphatic carbocycles. The highest BCUT2D eigenvalue weighted by atomic mass is 16.1. The van der Waals surface area contributed by atoms with Crippen LogP contribution in [0.15, 0.2) is 59.6 Å². The maximum Gasteiger partial charge on any atom is 0.221 e. The van der Waals surface area contributed by atoms with Gasteiger partial charge in [0.2, 0.25) is 5.91 Å². The third-order valence-electron chi connectivity index (χ3n) is 3.51. The van der Waals surface area contributed by atoms with Gasteiger partial charge < -0.3 is 16.0 Å². The monoisotopic (exact) mass is 324 g/mol. The Bertz CT molecular complexity index is 666. The van der Waals surface area contributed by atoms with Crippen molar-refractivity contribution in [3.8, 4) is 0 Å². The smallest absolute Gasteiger partial charge is 0.221 e. The summed E-state index contributed by atoms with van der Waals surface area (Å²) in [6, 6.07) is 18.1. The van der Waals surface area contributed by atoms with Crippen LogP contribution in [-0.4, -0.2) is 25.5 Å². The standard InChI is InChI=1S/C19H24N4O/c1-15(24)23-18-10-8-16(9-11-18)12-13-21-19(20-2)22-14-17-6-4-3-5-7-17/h3-11H,12-14H2,1-2H3,(H,23,24)(H2,20,21,22). The van der Waals surface area contributed by atoms with Crippen LogP contribution in [-0.2, 0) is 17.8 Å². The fourth-order valence-electron chi connectivity index (χ4n) is 2.29. The molecule has 126 valence electrons. The van der Waals surface area contributed by atoms with Crippen LogP contribution < -0.4 is 16.0 Å².